The molecule has 2 N–H and O–H groups in total. The van der Waals surface area contributed by atoms with Crippen LogP contribution in [0.3, 0.4) is 0 Å². The van der Waals surface area contributed by atoms with Crippen LogP contribution >= 0.6 is 0 Å². The lowest BCUT2D eigenvalue weighted by Crippen LogP contribution is -2.32. The lowest BCUT2D eigenvalue weighted by atomic mass is 9.95. The standard InChI is InChI=1S/C12H21N3O/c1-8(2)11-7-10(4-5-16-11)15-12(13)6-9(3)14-15/h6,8,10-11H,4-5,7,13H2,1-3H3. The first-order valence-electron chi connectivity index (χ1n) is 6.01. The number of ether oxygens (including phenoxy) is 1. The predicted octanol–water partition coefficient (Wildman–Crippen LogP) is 2.15. The fourth-order valence-corrected chi connectivity index (χ4v) is 2.33. The molecule has 90 valence electrons. The fourth-order valence-electron chi connectivity index (χ4n) is 2.33. The zero-order valence-corrected chi connectivity index (χ0v) is 10.3. The number of aryl methyl sites for hydroxylation is 1. The van der Waals surface area contributed by atoms with Crippen LogP contribution in [0.5, 0.6) is 0 Å². The first kappa shape index (κ1) is 11.5. The smallest absolute Gasteiger partial charge is 0.122 e. The molecule has 1 fully saturated rings. The van der Waals surface area contributed by atoms with Crippen molar-refractivity contribution in [1.29, 1.82) is 0 Å². The van der Waals surface area contributed by atoms with Crippen LogP contribution in [-0.2, 0) is 4.74 Å². The van der Waals surface area contributed by atoms with Crippen LogP contribution in [0.15, 0.2) is 6.07 Å². The molecule has 1 aliphatic heterocycles. The Balaban J connectivity index is 2.12. The van der Waals surface area contributed by atoms with E-state index in [1.54, 1.807) is 0 Å². The highest BCUT2D eigenvalue weighted by Crippen LogP contribution is 2.29. The van der Waals surface area contributed by atoms with Crippen molar-refractivity contribution in [1.82, 2.24) is 9.78 Å². The van der Waals surface area contributed by atoms with Gasteiger partial charge in [-0.05, 0) is 25.7 Å². The molecule has 0 saturated carbocycles. The summed E-state index contributed by atoms with van der Waals surface area (Å²) in [5.41, 5.74) is 6.94. The second-order valence-corrected chi connectivity index (χ2v) is 4.99. The first-order valence-corrected chi connectivity index (χ1v) is 6.01. The summed E-state index contributed by atoms with van der Waals surface area (Å²) in [5, 5.41) is 4.46. The second kappa shape index (κ2) is 4.45. The second-order valence-electron chi connectivity index (χ2n) is 4.99. The van der Waals surface area contributed by atoms with Crippen LogP contribution in [0.1, 0.15) is 38.4 Å². The molecule has 2 unspecified atom stereocenters. The van der Waals surface area contributed by atoms with Crippen LogP contribution in [-0.4, -0.2) is 22.5 Å². The van der Waals surface area contributed by atoms with E-state index in [1.165, 1.54) is 0 Å². The van der Waals surface area contributed by atoms with Crippen LogP contribution in [0, 0.1) is 12.8 Å². The largest absolute Gasteiger partial charge is 0.384 e. The van der Waals surface area contributed by atoms with Crippen molar-refractivity contribution in [3.8, 4) is 0 Å². The van der Waals surface area contributed by atoms with Gasteiger partial charge in [0.1, 0.15) is 5.82 Å². The monoisotopic (exact) mass is 223 g/mol. The number of aromatic nitrogens is 2. The Hall–Kier alpha value is -1.03. The van der Waals surface area contributed by atoms with Gasteiger partial charge in [0.05, 0.1) is 17.8 Å². The summed E-state index contributed by atoms with van der Waals surface area (Å²) in [6.45, 7) is 7.19. The van der Waals surface area contributed by atoms with E-state index in [1.807, 2.05) is 17.7 Å². The Bertz CT molecular complexity index is 359. The number of hydrogen-bond donors (Lipinski definition) is 1. The molecule has 1 aliphatic rings. The van der Waals surface area contributed by atoms with Crippen molar-refractivity contribution >= 4 is 5.82 Å². The quantitative estimate of drug-likeness (QED) is 0.835. The summed E-state index contributed by atoms with van der Waals surface area (Å²) >= 11 is 0. The molecular weight excluding hydrogens is 202 g/mol. The molecule has 1 saturated heterocycles. The molecular formula is C12H21N3O. The molecule has 2 rings (SSSR count). The maximum absolute atomic E-state index is 5.95. The molecule has 1 aromatic heterocycles. The molecule has 0 aliphatic carbocycles. The average molecular weight is 223 g/mol. The Kier molecular flexibility index (Phi) is 3.19. The van der Waals surface area contributed by atoms with Gasteiger partial charge in [0.2, 0.25) is 0 Å². The summed E-state index contributed by atoms with van der Waals surface area (Å²) in [5.74, 6) is 1.33. The van der Waals surface area contributed by atoms with E-state index in [0.717, 1.165) is 31.0 Å². The fraction of sp³-hybridized carbons (Fsp3) is 0.750. The third-order valence-corrected chi connectivity index (χ3v) is 3.26. The van der Waals surface area contributed by atoms with Gasteiger partial charge in [-0.1, -0.05) is 13.8 Å². The lowest BCUT2D eigenvalue weighted by molar-refractivity contribution is -0.0324. The van der Waals surface area contributed by atoms with Crippen LogP contribution in [0.25, 0.3) is 0 Å². The third-order valence-electron chi connectivity index (χ3n) is 3.26. The van der Waals surface area contributed by atoms with E-state index in [9.17, 15) is 0 Å². The van der Waals surface area contributed by atoms with Crippen molar-refractivity contribution in [3.63, 3.8) is 0 Å². The van der Waals surface area contributed by atoms with Gasteiger partial charge in [-0.15, -0.1) is 0 Å². The molecule has 16 heavy (non-hydrogen) atoms. The van der Waals surface area contributed by atoms with Gasteiger partial charge in [-0.25, -0.2) is 4.68 Å². The minimum Gasteiger partial charge on any atom is -0.384 e. The highest BCUT2D eigenvalue weighted by Gasteiger charge is 2.27. The molecule has 0 spiro atoms. The van der Waals surface area contributed by atoms with E-state index in [2.05, 4.69) is 18.9 Å². The Morgan fingerprint density at radius 2 is 2.31 bits per heavy atom. The van der Waals surface area contributed by atoms with E-state index < -0.39 is 0 Å². The van der Waals surface area contributed by atoms with Crippen LogP contribution < -0.4 is 5.73 Å². The van der Waals surface area contributed by atoms with E-state index in [0.29, 0.717) is 18.1 Å². The molecule has 0 aromatic carbocycles. The zero-order chi connectivity index (χ0) is 11.7. The normalized spacial score (nSPS) is 26.2. The Morgan fingerprint density at radius 1 is 1.56 bits per heavy atom. The van der Waals surface area contributed by atoms with Gasteiger partial charge in [0, 0.05) is 12.7 Å². The summed E-state index contributed by atoms with van der Waals surface area (Å²) in [7, 11) is 0. The lowest BCUT2D eigenvalue weighted by Gasteiger charge is -2.32. The third kappa shape index (κ3) is 2.21. The maximum Gasteiger partial charge on any atom is 0.122 e. The van der Waals surface area contributed by atoms with E-state index in [-0.39, 0.29) is 0 Å². The SMILES string of the molecule is Cc1cc(N)n(C2CCOC(C(C)C)C2)n1. The number of hydrogen-bond acceptors (Lipinski definition) is 3. The predicted molar refractivity (Wildman–Crippen MR) is 64.2 cm³/mol. The highest BCUT2D eigenvalue weighted by atomic mass is 16.5. The van der Waals surface area contributed by atoms with Gasteiger partial charge >= 0.3 is 0 Å². The summed E-state index contributed by atoms with van der Waals surface area (Å²) in [6.07, 6.45) is 2.36. The molecule has 0 radical (unpaired) electrons. The van der Waals surface area contributed by atoms with E-state index >= 15 is 0 Å². The summed E-state index contributed by atoms with van der Waals surface area (Å²) < 4.78 is 7.72. The molecule has 2 atom stereocenters. The van der Waals surface area contributed by atoms with Crippen molar-refractivity contribution < 1.29 is 4.74 Å². The van der Waals surface area contributed by atoms with Gasteiger partial charge in [0.15, 0.2) is 0 Å². The van der Waals surface area contributed by atoms with Gasteiger partial charge in [0.25, 0.3) is 0 Å². The highest BCUT2D eigenvalue weighted by molar-refractivity contribution is 5.30. The number of rotatable bonds is 2. The molecule has 0 bridgehead atoms. The Morgan fingerprint density at radius 3 is 2.88 bits per heavy atom. The molecule has 1 aromatic rings. The number of nitrogens with zero attached hydrogens (tertiary/aromatic N) is 2. The molecule has 4 nitrogen and oxygen atoms in total. The van der Waals surface area contributed by atoms with Crippen LogP contribution in [0.4, 0.5) is 5.82 Å². The Labute approximate surface area is 96.8 Å². The minimum atomic E-state index is 0.336. The topological polar surface area (TPSA) is 53.1 Å². The van der Waals surface area contributed by atoms with E-state index in [4.69, 9.17) is 10.5 Å². The summed E-state index contributed by atoms with van der Waals surface area (Å²) in [6, 6.07) is 2.33. The van der Waals surface area contributed by atoms with Gasteiger partial charge in [-0.3, -0.25) is 0 Å². The molecule has 4 heteroatoms. The van der Waals surface area contributed by atoms with Crippen molar-refractivity contribution in [2.45, 2.75) is 45.8 Å². The maximum atomic E-state index is 5.95. The van der Waals surface area contributed by atoms with Crippen LogP contribution in [0.2, 0.25) is 0 Å². The number of nitrogen functional groups attached to an aromatic ring is 1. The average Bonchev–Trinajstić information content (AvgIpc) is 2.58. The first-order chi connectivity index (χ1) is 7.58. The minimum absolute atomic E-state index is 0.336. The van der Waals surface area contributed by atoms with Crippen molar-refractivity contribution in [2.24, 2.45) is 5.92 Å². The number of nitrogens with two attached hydrogens (primary N) is 1. The summed E-state index contributed by atoms with van der Waals surface area (Å²) in [4.78, 5) is 0. The molecule has 0 amide bonds. The van der Waals surface area contributed by atoms with Gasteiger partial charge < -0.3 is 10.5 Å². The van der Waals surface area contributed by atoms with Crippen molar-refractivity contribution in [2.75, 3.05) is 12.3 Å². The van der Waals surface area contributed by atoms with Gasteiger partial charge in [-0.2, -0.15) is 5.10 Å². The zero-order valence-electron chi connectivity index (χ0n) is 10.3. The van der Waals surface area contributed by atoms with Crippen molar-refractivity contribution in [3.05, 3.63) is 11.8 Å². The molecule has 2 heterocycles. The number of anilines is 1.